The smallest absolute Gasteiger partial charge is 0.392 e. The van der Waals surface area contributed by atoms with Crippen molar-refractivity contribution in [2.24, 2.45) is 5.92 Å². The van der Waals surface area contributed by atoms with Crippen LogP contribution in [0.15, 0.2) is 24.3 Å². The number of β-amino-alcohol motifs (C(OH)–C–C–N with tert-alkyl or cyclic N) is 1. The van der Waals surface area contributed by atoms with Gasteiger partial charge in [-0.05, 0) is 36.5 Å². The lowest BCUT2D eigenvalue weighted by Gasteiger charge is -2.42. The first-order valence-corrected chi connectivity index (χ1v) is 11.0. The average molecular weight is 441 g/mol. The molecule has 0 aromatic heterocycles. The molecule has 0 spiro atoms. The zero-order valence-corrected chi connectivity index (χ0v) is 17.6. The Balaban J connectivity index is 1.50. The summed E-state index contributed by atoms with van der Waals surface area (Å²) >= 11 is 0. The highest BCUT2D eigenvalue weighted by Crippen LogP contribution is 2.34. The Kier molecular flexibility index (Phi) is 6.74. The SMILES string of the molecule is O=C(N1CCOCC1)N1CC(CN2CCC(O)C2)CC(c2ccc(C(F)(F)F)cc2)C1. The molecule has 3 fully saturated rings. The molecule has 3 aliphatic heterocycles. The molecule has 172 valence electrons. The molecule has 0 aliphatic carbocycles. The summed E-state index contributed by atoms with van der Waals surface area (Å²) in [6.07, 6.45) is -3.10. The molecule has 9 heteroatoms. The second-order valence-corrected chi connectivity index (χ2v) is 8.91. The zero-order valence-electron chi connectivity index (χ0n) is 17.6. The minimum atomic E-state index is -4.36. The van der Waals surface area contributed by atoms with Crippen molar-refractivity contribution in [3.05, 3.63) is 35.4 Å². The lowest BCUT2D eigenvalue weighted by Crippen LogP contribution is -2.53. The molecule has 1 aromatic carbocycles. The Bertz CT molecular complexity index is 753. The molecule has 3 atom stereocenters. The topological polar surface area (TPSA) is 56.2 Å². The van der Waals surface area contributed by atoms with Crippen molar-refractivity contribution in [1.29, 1.82) is 0 Å². The van der Waals surface area contributed by atoms with E-state index in [1.54, 1.807) is 17.0 Å². The fourth-order valence-corrected chi connectivity index (χ4v) is 4.98. The number of hydrogen-bond donors (Lipinski definition) is 1. The maximum Gasteiger partial charge on any atom is 0.416 e. The monoisotopic (exact) mass is 441 g/mol. The van der Waals surface area contributed by atoms with Gasteiger partial charge in [0, 0.05) is 51.7 Å². The van der Waals surface area contributed by atoms with Gasteiger partial charge in [0.15, 0.2) is 0 Å². The third-order valence-corrected chi connectivity index (χ3v) is 6.56. The number of carbonyl (C=O) groups excluding carboxylic acids is 1. The second kappa shape index (κ2) is 9.34. The predicted molar refractivity (Wildman–Crippen MR) is 109 cm³/mol. The normalized spacial score (nSPS) is 28.2. The van der Waals surface area contributed by atoms with Crippen LogP contribution in [-0.2, 0) is 10.9 Å². The molecule has 3 aliphatic rings. The van der Waals surface area contributed by atoms with E-state index in [-0.39, 0.29) is 24.0 Å². The standard InChI is InChI=1S/C22H30F3N3O3/c23-22(24,25)19-3-1-17(2-4-19)18-11-16(12-26-6-5-20(29)15-26)13-28(14-18)21(30)27-7-9-31-10-8-27/h1-4,16,18,20,29H,5-15H2. The number of aliphatic hydroxyl groups excluding tert-OH is 1. The van der Waals surface area contributed by atoms with Crippen LogP contribution in [0.2, 0.25) is 0 Å². The maximum atomic E-state index is 13.1. The maximum absolute atomic E-state index is 13.1. The number of halogens is 3. The van der Waals surface area contributed by atoms with Crippen LogP contribution < -0.4 is 0 Å². The average Bonchev–Trinajstić information content (AvgIpc) is 3.17. The number of rotatable bonds is 3. The largest absolute Gasteiger partial charge is 0.416 e. The molecular formula is C22H30F3N3O3. The molecule has 3 saturated heterocycles. The summed E-state index contributed by atoms with van der Waals surface area (Å²) in [5.41, 5.74) is 0.176. The second-order valence-electron chi connectivity index (χ2n) is 8.91. The molecule has 3 heterocycles. The van der Waals surface area contributed by atoms with Gasteiger partial charge in [0.2, 0.25) is 0 Å². The van der Waals surface area contributed by atoms with E-state index in [4.69, 9.17) is 4.74 Å². The van der Waals surface area contributed by atoms with Gasteiger partial charge in [0.25, 0.3) is 0 Å². The van der Waals surface area contributed by atoms with E-state index in [9.17, 15) is 23.1 Å². The number of benzene rings is 1. The Labute approximate surface area is 180 Å². The van der Waals surface area contributed by atoms with Crippen LogP contribution in [0, 0.1) is 5.92 Å². The number of morpholine rings is 1. The van der Waals surface area contributed by atoms with E-state index in [0.717, 1.165) is 43.6 Å². The Morgan fingerprint density at radius 3 is 2.35 bits per heavy atom. The molecule has 6 nitrogen and oxygen atoms in total. The van der Waals surface area contributed by atoms with Crippen LogP contribution in [0.3, 0.4) is 0 Å². The Hall–Kier alpha value is -1.84. The van der Waals surface area contributed by atoms with Gasteiger partial charge in [-0.25, -0.2) is 4.79 Å². The van der Waals surface area contributed by atoms with Crippen molar-refractivity contribution in [2.75, 3.05) is 59.0 Å². The van der Waals surface area contributed by atoms with Gasteiger partial charge in [-0.3, -0.25) is 0 Å². The fourth-order valence-electron chi connectivity index (χ4n) is 4.98. The van der Waals surface area contributed by atoms with Gasteiger partial charge in [0.05, 0.1) is 24.9 Å². The highest BCUT2D eigenvalue weighted by Gasteiger charge is 2.36. The number of hydrogen-bond acceptors (Lipinski definition) is 4. The molecule has 2 amide bonds. The van der Waals surface area contributed by atoms with Crippen molar-refractivity contribution in [3.63, 3.8) is 0 Å². The summed E-state index contributed by atoms with van der Waals surface area (Å²) in [6.45, 7) is 5.54. The van der Waals surface area contributed by atoms with Crippen molar-refractivity contribution in [1.82, 2.24) is 14.7 Å². The van der Waals surface area contributed by atoms with E-state index >= 15 is 0 Å². The first kappa shape index (κ1) is 22.4. The summed E-state index contributed by atoms with van der Waals surface area (Å²) in [5, 5.41) is 9.84. The van der Waals surface area contributed by atoms with Gasteiger partial charge in [0.1, 0.15) is 0 Å². The van der Waals surface area contributed by atoms with Gasteiger partial charge < -0.3 is 24.5 Å². The molecule has 1 N–H and O–H groups in total. The van der Waals surface area contributed by atoms with Crippen LogP contribution in [0.1, 0.15) is 29.9 Å². The van der Waals surface area contributed by atoms with E-state index in [0.29, 0.717) is 45.9 Å². The molecule has 0 radical (unpaired) electrons. The van der Waals surface area contributed by atoms with Crippen LogP contribution in [0.4, 0.5) is 18.0 Å². The van der Waals surface area contributed by atoms with Gasteiger partial charge in [-0.1, -0.05) is 12.1 Å². The molecule has 0 bridgehead atoms. The molecule has 1 aromatic rings. The van der Waals surface area contributed by atoms with Gasteiger partial charge in [-0.15, -0.1) is 0 Å². The van der Waals surface area contributed by atoms with Gasteiger partial charge >= 0.3 is 12.2 Å². The van der Waals surface area contributed by atoms with E-state index < -0.39 is 11.7 Å². The van der Waals surface area contributed by atoms with E-state index in [2.05, 4.69) is 4.90 Å². The van der Waals surface area contributed by atoms with Crippen molar-refractivity contribution in [3.8, 4) is 0 Å². The Morgan fingerprint density at radius 2 is 1.74 bits per heavy atom. The summed E-state index contributed by atoms with van der Waals surface area (Å²) < 4.78 is 44.2. The number of ether oxygens (including phenoxy) is 1. The lowest BCUT2D eigenvalue weighted by molar-refractivity contribution is -0.137. The summed E-state index contributed by atoms with van der Waals surface area (Å²) in [4.78, 5) is 19.0. The van der Waals surface area contributed by atoms with E-state index in [1.807, 2.05) is 4.90 Å². The molecule has 0 saturated carbocycles. The van der Waals surface area contributed by atoms with E-state index in [1.165, 1.54) is 0 Å². The lowest BCUT2D eigenvalue weighted by atomic mass is 9.84. The highest BCUT2D eigenvalue weighted by atomic mass is 19.4. The zero-order chi connectivity index (χ0) is 22.0. The Morgan fingerprint density at radius 1 is 1.03 bits per heavy atom. The van der Waals surface area contributed by atoms with Crippen LogP contribution in [0.5, 0.6) is 0 Å². The number of likely N-dealkylation sites (tertiary alicyclic amines) is 2. The van der Waals surface area contributed by atoms with Crippen LogP contribution in [-0.4, -0.2) is 91.0 Å². The number of carbonyl (C=O) groups is 1. The summed E-state index contributed by atoms with van der Waals surface area (Å²) in [6, 6.07) is 5.33. The first-order valence-electron chi connectivity index (χ1n) is 11.0. The number of nitrogens with zero attached hydrogens (tertiary/aromatic N) is 3. The first-order chi connectivity index (χ1) is 14.8. The third-order valence-electron chi connectivity index (χ3n) is 6.56. The minimum absolute atomic E-state index is 0.0152. The number of alkyl halides is 3. The number of urea groups is 1. The summed E-state index contributed by atoms with van der Waals surface area (Å²) in [7, 11) is 0. The third kappa shape index (κ3) is 5.51. The van der Waals surface area contributed by atoms with Crippen LogP contribution in [0.25, 0.3) is 0 Å². The molecular weight excluding hydrogens is 411 g/mol. The minimum Gasteiger partial charge on any atom is -0.392 e. The molecule has 4 rings (SSSR count). The van der Waals surface area contributed by atoms with Crippen molar-refractivity contribution in [2.45, 2.75) is 31.0 Å². The van der Waals surface area contributed by atoms with Crippen LogP contribution >= 0.6 is 0 Å². The highest BCUT2D eigenvalue weighted by molar-refractivity contribution is 5.74. The molecule has 3 unspecified atom stereocenters. The number of aliphatic hydroxyl groups is 1. The predicted octanol–water partition coefficient (Wildman–Crippen LogP) is 2.63. The van der Waals surface area contributed by atoms with Crippen molar-refractivity contribution < 1.29 is 27.8 Å². The number of amides is 2. The quantitative estimate of drug-likeness (QED) is 0.784. The molecule has 31 heavy (non-hydrogen) atoms. The fraction of sp³-hybridized carbons (Fsp3) is 0.682. The summed E-state index contributed by atoms with van der Waals surface area (Å²) in [5.74, 6) is 0.190. The number of piperidine rings is 1. The van der Waals surface area contributed by atoms with Gasteiger partial charge in [-0.2, -0.15) is 13.2 Å². The van der Waals surface area contributed by atoms with Crippen molar-refractivity contribution >= 4 is 6.03 Å².